The summed E-state index contributed by atoms with van der Waals surface area (Å²) < 4.78 is 5.99. The summed E-state index contributed by atoms with van der Waals surface area (Å²) in [5.41, 5.74) is 5.08. The molecule has 2 aliphatic rings. The molecule has 0 bridgehead atoms. The molecule has 2 amide bonds. The highest BCUT2D eigenvalue weighted by Crippen LogP contribution is 2.41. The Morgan fingerprint density at radius 3 is 2.75 bits per heavy atom. The Balaban J connectivity index is 1.21. The third-order valence-electron chi connectivity index (χ3n) is 7.18. The van der Waals surface area contributed by atoms with Gasteiger partial charge in [-0.15, -0.1) is 0 Å². The zero-order valence-corrected chi connectivity index (χ0v) is 20.8. The fourth-order valence-corrected chi connectivity index (χ4v) is 5.20. The zero-order chi connectivity index (χ0) is 25.1. The van der Waals surface area contributed by atoms with Gasteiger partial charge in [0.2, 0.25) is 0 Å². The van der Waals surface area contributed by atoms with Crippen molar-refractivity contribution in [1.29, 1.82) is 0 Å². The molecule has 2 aliphatic heterocycles. The molecule has 0 aliphatic carbocycles. The summed E-state index contributed by atoms with van der Waals surface area (Å²) in [7, 11) is 0. The summed E-state index contributed by atoms with van der Waals surface area (Å²) in [6, 6.07) is 15.5. The molecule has 2 atom stereocenters. The van der Waals surface area contributed by atoms with Gasteiger partial charge < -0.3 is 15.4 Å². The van der Waals surface area contributed by atoms with Crippen molar-refractivity contribution in [2.75, 3.05) is 19.6 Å². The van der Waals surface area contributed by atoms with E-state index in [2.05, 4.69) is 27.4 Å². The van der Waals surface area contributed by atoms with Crippen LogP contribution in [0.15, 0.2) is 60.9 Å². The third kappa shape index (κ3) is 4.97. The van der Waals surface area contributed by atoms with Crippen LogP contribution in [0.25, 0.3) is 11.1 Å². The quantitative estimate of drug-likeness (QED) is 0.521. The van der Waals surface area contributed by atoms with Gasteiger partial charge in [0.25, 0.3) is 11.8 Å². The van der Waals surface area contributed by atoms with Crippen LogP contribution >= 0.6 is 0 Å². The van der Waals surface area contributed by atoms with Crippen LogP contribution in [0.1, 0.15) is 64.6 Å². The predicted octanol–water partition coefficient (Wildman–Crippen LogP) is 4.35. The molecule has 3 heterocycles. The van der Waals surface area contributed by atoms with Crippen LogP contribution in [0.2, 0.25) is 0 Å². The molecule has 2 unspecified atom stereocenters. The molecule has 7 heteroatoms. The normalized spacial score (nSPS) is 18.6. The second kappa shape index (κ2) is 10.5. The lowest BCUT2D eigenvalue weighted by atomic mass is 9.92. The number of aromatic nitrogens is 1. The number of fused-ring (bicyclic) bond motifs is 3. The number of nitrogens with one attached hydrogen (secondary N) is 2. The molecule has 186 valence electrons. The highest BCUT2D eigenvalue weighted by molar-refractivity contribution is 5.96. The van der Waals surface area contributed by atoms with Crippen LogP contribution in [0, 0.1) is 0 Å². The molecule has 2 N–H and O–H groups in total. The summed E-state index contributed by atoms with van der Waals surface area (Å²) in [6.07, 6.45) is 5.60. The molecule has 0 saturated carbocycles. The lowest BCUT2D eigenvalue weighted by Gasteiger charge is -2.26. The fourth-order valence-electron chi connectivity index (χ4n) is 5.20. The number of likely N-dealkylation sites (N-methyl/N-ethyl adjacent to an activating group) is 1. The van der Waals surface area contributed by atoms with Crippen LogP contribution in [0.5, 0.6) is 5.75 Å². The molecule has 7 nitrogen and oxygen atoms in total. The second-order valence-corrected chi connectivity index (χ2v) is 9.45. The van der Waals surface area contributed by atoms with Gasteiger partial charge in [-0.2, -0.15) is 0 Å². The first kappa shape index (κ1) is 24.0. The summed E-state index contributed by atoms with van der Waals surface area (Å²) in [5, 5.41) is 6.06. The van der Waals surface area contributed by atoms with E-state index in [0.717, 1.165) is 47.5 Å². The first-order valence-electron chi connectivity index (χ1n) is 12.7. The number of likely N-dealkylation sites (tertiary alicyclic amines) is 1. The predicted molar refractivity (Wildman–Crippen MR) is 139 cm³/mol. The number of amides is 2. The Labute approximate surface area is 211 Å². The van der Waals surface area contributed by atoms with Gasteiger partial charge in [-0.05, 0) is 74.3 Å². The maximum absolute atomic E-state index is 12.9. The smallest absolute Gasteiger partial charge is 0.251 e. The third-order valence-corrected chi connectivity index (χ3v) is 7.18. The minimum absolute atomic E-state index is 0.0784. The van der Waals surface area contributed by atoms with E-state index in [1.165, 1.54) is 6.42 Å². The molecule has 0 spiro atoms. The number of ether oxygens (including phenoxy) is 1. The molecule has 5 rings (SSSR count). The Morgan fingerprint density at radius 2 is 1.89 bits per heavy atom. The Kier molecular flexibility index (Phi) is 7.00. The van der Waals surface area contributed by atoms with Crippen molar-refractivity contribution in [1.82, 2.24) is 20.5 Å². The van der Waals surface area contributed by atoms with E-state index in [1.54, 1.807) is 12.4 Å². The second-order valence-electron chi connectivity index (χ2n) is 9.45. The summed E-state index contributed by atoms with van der Waals surface area (Å²) in [5.74, 6) is 0.510. The summed E-state index contributed by atoms with van der Waals surface area (Å²) >= 11 is 0. The Hall–Kier alpha value is -3.71. The minimum atomic E-state index is -0.173. The van der Waals surface area contributed by atoms with Crippen molar-refractivity contribution < 1.29 is 14.3 Å². The molecule has 1 aromatic heterocycles. The standard InChI is InChI=1S/C29H32N4O3/c1-3-33-13-5-8-23(33)17-32-28(34)21-7-4-6-20(14-21)16-31-29(35)22-9-10-24-25-11-12-30-18-27(25)36-19(2)26(24)15-22/h4,6-7,9-12,14-15,18-19,23H,3,5,8,13,16-17H2,1-2H3,(H,31,35)(H,32,34). The Morgan fingerprint density at radius 1 is 1.06 bits per heavy atom. The number of pyridine rings is 1. The lowest BCUT2D eigenvalue weighted by molar-refractivity contribution is 0.0938. The van der Waals surface area contributed by atoms with Gasteiger partial charge in [-0.25, -0.2) is 0 Å². The lowest BCUT2D eigenvalue weighted by Crippen LogP contribution is -2.40. The highest BCUT2D eigenvalue weighted by Gasteiger charge is 2.25. The van der Waals surface area contributed by atoms with Crippen molar-refractivity contribution in [3.05, 3.63) is 83.2 Å². The van der Waals surface area contributed by atoms with E-state index >= 15 is 0 Å². The van der Waals surface area contributed by atoms with Crippen LogP contribution in [0.4, 0.5) is 0 Å². The van der Waals surface area contributed by atoms with Crippen LogP contribution in [0.3, 0.4) is 0 Å². The zero-order valence-electron chi connectivity index (χ0n) is 20.8. The van der Waals surface area contributed by atoms with Crippen LogP contribution < -0.4 is 15.4 Å². The first-order valence-corrected chi connectivity index (χ1v) is 12.7. The van der Waals surface area contributed by atoms with Gasteiger partial charge in [0.05, 0.1) is 6.20 Å². The van der Waals surface area contributed by atoms with E-state index in [9.17, 15) is 9.59 Å². The molecule has 3 aromatic rings. The van der Waals surface area contributed by atoms with Gasteiger partial charge in [-0.1, -0.05) is 25.1 Å². The highest BCUT2D eigenvalue weighted by atomic mass is 16.5. The molecular weight excluding hydrogens is 452 g/mol. The fraction of sp³-hybridized carbons (Fsp3) is 0.345. The molecule has 2 aromatic carbocycles. The van der Waals surface area contributed by atoms with Gasteiger partial charge in [0.15, 0.2) is 0 Å². The van der Waals surface area contributed by atoms with Crippen molar-refractivity contribution in [3.8, 4) is 16.9 Å². The molecule has 1 fully saturated rings. The molecule has 0 radical (unpaired) electrons. The van der Waals surface area contributed by atoms with Gasteiger partial charge >= 0.3 is 0 Å². The van der Waals surface area contributed by atoms with Crippen molar-refractivity contribution in [3.63, 3.8) is 0 Å². The minimum Gasteiger partial charge on any atom is -0.484 e. The number of hydrogen-bond acceptors (Lipinski definition) is 5. The molecular formula is C29H32N4O3. The number of carbonyl (C=O) groups excluding carboxylic acids is 2. The Bertz CT molecular complexity index is 1270. The van der Waals surface area contributed by atoms with E-state index in [0.29, 0.717) is 30.3 Å². The van der Waals surface area contributed by atoms with E-state index in [-0.39, 0.29) is 17.9 Å². The van der Waals surface area contributed by atoms with Crippen LogP contribution in [-0.4, -0.2) is 47.4 Å². The van der Waals surface area contributed by atoms with Crippen molar-refractivity contribution >= 4 is 11.8 Å². The number of carbonyl (C=O) groups is 2. The van der Waals surface area contributed by atoms with E-state index < -0.39 is 0 Å². The monoisotopic (exact) mass is 484 g/mol. The maximum Gasteiger partial charge on any atom is 0.251 e. The average Bonchev–Trinajstić information content (AvgIpc) is 3.38. The topological polar surface area (TPSA) is 83.6 Å². The first-order chi connectivity index (χ1) is 17.5. The van der Waals surface area contributed by atoms with Gasteiger partial charge in [0, 0.05) is 47.6 Å². The van der Waals surface area contributed by atoms with E-state index in [1.807, 2.05) is 55.5 Å². The maximum atomic E-state index is 12.9. The average molecular weight is 485 g/mol. The number of rotatable bonds is 7. The molecule has 36 heavy (non-hydrogen) atoms. The van der Waals surface area contributed by atoms with Crippen LogP contribution in [-0.2, 0) is 6.54 Å². The van der Waals surface area contributed by atoms with Crippen molar-refractivity contribution in [2.24, 2.45) is 0 Å². The summed E-state index contributed by atoms with van der Waals surface area (Å²) in [6.45, 7) is 7.25. The summed E-state index contributed by atoms with van der Waals surface area (Å²) in [4.78, 5) is 32.2. The largest absolute Gasteiger partial charge is 0.484 e. The van der Waals surface area contributed by atoms with Gasteiger partial charge in [0.1, 0.15) is 11.9 Å². The number of hydrogen-bond donors (Lipinski definition) is 2. The van der Waals surface area contributed by atoms with Gasteiger partial charge in [-0.3, -0.25) is 19.5 Å². The number of nitrogens with zero attached hydrogens (tertiary/aromatic N) is 2. The van der Waals surface area contributed by atoms with Crippen molar-refractivity contribution in [2.45, 2.75) is 45.4 Å². The number of benzene rings is 2. The SMILES string of the molecule is CCN1CCCC1CNC(=O)c1cccc(CNC(=O)c2ccc3c(c2)C(C)Oc2cnccc2-3)c1. The van der Waals surface area contributed by atoms with E-state index in [4.69, 9.17) is 4.74 Å². The molecule has 1 saturated heterocycles.